The molecule has 0 saturated carbocycles. The molecule has 0 saturated heterocycles. The largest absolute Gasteiger partial charge is 0.481 e. The number of halogens is 1. The van der Waals surface area contributed by atoms with Crippen molar-refractivity contribution >= 4 is 29.3 Å². The highest BCUT2D eigenvalue weighted by atomic mass is 35.5. The Morgan fingerprint density at radius 2 is 2.04 bits per heavy atom. The molecule has 0 fully saturated rings. The SMILES string of the molecule is Cc1c(-c2ncc[nH]2)n(CCCCCC(=O)O)c2ccccc12.Cl. The second-order valence-corrected chi connectivity index (χ2v) is 5.78. The van der Waals surface area contributed by atoms with Crippen LogP contribution in [0, 0.1) is 6.92 Å². The average Bonchev–Trinajstić information content (AvgIpc) is 3.14. The van der Waals surface area contributed by atoms with Gasteiger partial charge in [0.25, 0.3) is 0 Å². The molecular formula is C18H22ClN3O2. The van der Waals surface area contributed by atoms with Crippen LogP contribution in [0.3, 0.4) is 0 Å². The lowest BCUT2D eigenvalue weighted by Crippen LogP contribution is -2.02. The number of H-pyrrole nitrogens is 1. The molecule has 6 heteroatoms. The third-order valence-electron chi connectivity index (χ3n) is 4.22. The molecule has 0 spiro atoms. The molecule has 5 nitrogen and oxygen atoms in total. The van der Waals surface area contributed by atoms with E-state index in [-0.39, 0.29) is 18.8 Å². The summed E-state index contributed by atoms with van der Waals surface area (Å²) in [6.07, 6.45) is 6.45. The van der Waals surface area contributed by atoms with E-state index in [0.717, 1.165) is 37.3 Å². The number of nitrogens with zero attached hydrogens (tertiary/aromatic N) is 2. The van der Waals surface area contributed by atoms with E-state index in [2.05, 4.69) is 45.7 Å². The van der Waals surface area contributed by atoms with Crippen LogP contribution >= 0.6 is 12.4 Å². The topological polar surface area (TPSA) is 70.9 Å². The zero-order chi connectivity index (χ0) is 16.2. The molecule has 0 aliphatic carbocycles. The van der Waals surface area contributed by atoms with Crippen molar-refractivity contribution in [1.29, 1.82) is 0 Å². The van der Waals surface area contributed by atoms with Crippen LogP contribution in [-0.4, -0.2) is 25.6 Å². The molecule has 2 N–H and O–H groups in total. The molecule has 0 aliphatic rings. The summed E-state index contributed by atoms with van der Waals surface area (Å²) < 4.78 is 2.30. The number of imidazole rings is 1. The van der Waals surface area contributed by atoms with Crippen LogP contribution < -0.4 is 0 Å². The summed E-state index contributed by atoms with van der Waals surface area (Å²) in [4.78, 5) is 18.2. The number of hydrogen-bond acceptors (Lipinski definition) is 2. The number of para-hydroxylation sites is 1. The van der Waals surface area contributed by atoms with Crippen molar-refractivity contribution in [2.24, 2.45) is 0 Å². The molecule has 24 heavy (non-hydrogen) atoms. The summed E-state index contributed by atoms with van der Waals surface area (Å²) in [6.45, 7) is 2.99. The monoisotopic (exact) mass is 347 g/mol. The van der Waals surface area contributed by atoms with Crippen LogP contribution in [0.5, 0.6) is 0 Å². The summed E-state index contributed by atoms with van der Waals surface area (Å²) in [5, 5.41) is 9.97. The molecular weight excluding hydrogens is 326 g/mol. The lowest BCUT2D eigenvalue weighted by molar-refractivity contribution is -0.137. The van der Waals surface area contributed by atoms with Crippen molar-refractivity contribution in [3.8, 4) is 11.5 Å². The van der Waals surface area contributed by atoms with E-state index >= 15 is 0 Å². The van der Waals surface area contributed by atoms with Crippen LogP contribution in [0.25, 0.3) is 22.4 Å². The van der Waals surface area contributed by atoms with Crippen molar-refractivity contribution in [2.75, 3.05) is 0 Å². The Labute approximate surface area is 147 Å². The number of nitrogens with one attached hydrogen (secondary N) is 1. The van der Waals surface area contributed by atoms with Gasteiger partial charge in [-0.3, -0.25) is 4.79 Å². The number of benzene rings is 1. The summed E-state index contributed by atoms with van der Waals surface area (Å²) in [7, 11) is 0. The standard InChI is InChI=1S/C18H21N3O2.ClH/c1-13-14-7-4-5-8-15(14)21(12-6-2-3-9-16(22)23)17(13)18-19-10-11-20-18;/h4-5,7-8,10-11H,2-3,6,9,12H2,1H3,(H,19,20)(H,22,23);1H. The lowest BCUT2D eigenvalue weighted by Gasteiger charge is -2.10. The minimum atomic E-state index is -0.719. The highest BCUT2D eigenvalue weighted by Gasteiger charge is 2.16. The number of carboxylic acids is 1. The van der Waals surface area contributed by atoms with Gasteiger partial charge in [0.05, 0.1) is 5.69 Å². The maximum Gasteiger partial charge on any atom is 0.303 e. The van der Waals surface area contributed by atoms with Gasteiger partial charge in [0.2, 0.25) is 0 Å². The van der Waals surface area contributed by atoms with Gasteiger partial charge in [-0.25, -0.2) is 4.98 Å². The molecule has 0 bridgehead atoms. The molecule has 128 valence electrons. The van der Waals surface area contributed by atoms with Gasteiger partial charge in [-0.2, -0.15) is 0 Å². The molecule has 0 amide bonds. The number of carboxylic acid groups (broad SMARTS) is 1. The summed E-state index contributed by atoms with van der Waals surface area (Å²) in [6, 6.07) is 8.37. The van der Waals surface area contributed by atoms with Crippen molar-refractivity contribution in [2.45, 2.75) is 39.2 Å². The number of aliphatic carboxylic acids is 1. The molecule has 2 heterocycles. The molecule has 1 aromatic carbocycles. The third kappa shape index (κ3) is 3.62. The smallest absolute Gasteiger partial charge is 0.303 e. The third-order valence-corrected chi connectivity index (χ3v) is 4.22. The van der Waals surface area contributed by atoms with E-state index in [4.69, 9.17) is 5.11 Å². The number of aryl methyl sites for hydroxylation is 2. The highest BCUT2D eigenvalue weighted by Crippen LogP contribution is 2.31. The Morgan fingerprint density at radius 3 is 2.75 bits per heavy atom. The molecule has 2 aromatic heterocycles. The van der Waals surface area contributed by atoms with Gasteiger partial charge < -0.3 is 14.7 Å². The molecule has 0 atom stereocenters. The molecule has 3 aromatic rings. The van der Waals surface area contributed by atoms with E-state index in [0.29, 0.717) is 0 Å². The fourth-order valence-corrected chi connectivity index (χ4v) is 3.13. The van der Waals surface area contributed by atoms with Crippen LogP contribution in [0.2, 0.25) is 0 Å². The van der Waals surface area contributed by atoms with Gasteiger partial charge in [0.1, 0.15) is 0 Å². The van der Waals surface area contributed by atoms with Crippen LogP contribution in [-0.2, 0) is 11.3 Å². The lowest BCUT2D eigenvalue weighted by atomic mass is 10.1. The quantitative estimate of drug-likeness (QED) is 0.622. The second kappa shape index (κ2) is 8.02. The number of hydrogen-bond donors (Lipinski definition) is 2. The predicted octanol–water partition coefficient (Wildman–Crippen LogP) is 4.41. The Balaban J connectivity index is 0.00000208. The zero-order valence-electron chi connectivity index (χ0n) is 13.7. The predicted molar refractivity (Wildman–Crippen MR) is 97.6 cm³/mol. The first-order valence-corrected chi connectivity index (χ1v) is 7.98. The Morgan fingerprint density at radius 1 is 1.25 bits per heavy atom. The second-order valence-electron chi connectivity index (χ2n) is 5.78. The molecule has 0 radical (unpaired) electrons. The van der Waals surface area contributed by atoms with Crippen LogP contribution in [0.15, 0.2) is 36.7 Å². The van der Waals surface area contributed by atoms with Gasteiger partial charge in [0.15, 0.2) is 5.82 Å². The number of rotatable bonds is 7. The van der Waals surface area contributed by atoms with Crippen molar-refractivity contribution < 1.29 is 9.90 Å². The summed E-state index contributed by atoms with van der Waals surface area (Å²) >= 11 is 0. The van der Waals surface area contributed by atoms with Gasteiger partial charge in [0, 0.05) is 36.3 Å². The van der Waals surface area contributed by atoms with Crippen LogP contribution in [0.1, 0.15) is 31.2 Å². The minimum Gasteiger partial charge on any atom is -0.481 e. The first kappa shape index (κ1) is 18.1. The van der Waals surface area contributed by atoms with Crippen molar-refractivity contribution in [3.05, 3.63) is 42.2 Å². The summed E-state index contributed by atoms with van der Waals surface area (Å²) in [5.74, 6) is 0.160. The van der Waals surface area contributed by atoms with Gasteiger partial charge in [-0.05, 0) is 31.4 Å². The maximum absolute atomic E-state index is 10.6. The van der Waals surface area contributed by atoms with Crippen molar-refractivity contribution in [1.82, 2.24) is 14.5 Å². The Kier molecular flexibility index (Phi) is 6.04. The summed E-state index contributed by atoms with van der Waals surface area (Å²) in [5.41, 5.74) is 3.55. The van der Waals surface area contributed by atoms with E-state index in [1.54, 1.807) is 6.20 Å². The van der Waals surface area contributed by atoms with E-state index < -0.39 is 5.97 Å². The van der Waals surface area contributed by atoms with E-state index in [1.165, 1.54) is 16.5 Å². The van der Waals surface area contributed by atoms with Gasteiger partial charge >= 0.3 is 5.97 Å². The van der Waals surface area contributed by atoms with Crippen molar-refractivity contribution in [3.63, 3.8) is 0 Å². The molecule has 0 aliphatic heterocycles. The maximum atomic E-state index is 10.6. The normalized spacial score (nSPS) is 10.7. The first-order valence-electron chi connectivity index (χ1n) is 7.98. The fourth-order valence-electron chi connectivity index (χ4n) is 3.13. The van der Waals surface area contributed by atoms with Crippen LogP contribution in [0.4, 0.5) is 0 Å². The molecule has 0 unspecified atom stereocenters. The average molecular weight is 348 g/mol. The van der Waals surface area contributed by atoms with Gasteiger partial charge in [-0.1, -0.05) is 24.6 Å². The first-order chi connectivity index (χ1) is 11.2. The molecule has 3 rings (SSSR count). The van der Waals surface area contributed by atoms with Gasteiger partial charge in [-0.15, -0.1) is 12.4 Å². The Hall–Kier alpha value is -2.27. The fraction of sp³-hybridized carbons (Fsp3) is 0.333. The zero-order valence-corrected chi connectivity index (χ0v) is 14.5. The van der Waals surface area contributed by atoms with E-state index in [1.807, 2.05) is 6.20 Å². The van der Waals surface area contributed by atoms with E-state index in [9.17, 15) is 4.79 Å². The number of unbranched alkanes of at least 4 members (excludes halogenated alkanes) is 2. The Bertz CT molecular complexity index is 809. The minimum absolute atomic E-state index is 0. The highest BCUT2D eigenvalue weighted by molar-refractivity contribution is 5.90. The number of carbonyl (C=O) groups is 1. The number of aromatic amines is 1. The number of fused-ring (bicyclic) bond motifs is 1. The number of aromatic nitrogens is 3.